The largest absolute Gasteiger partial charge is 0.478 e. The monoisotopic (exact) mass is 314 g/mol. The molecule has 0 unspecified atom stereocenters. The molecule has 0 fully saturated rings. The van der Waals surface area contributed by atoms with E-state index >= 15 is 0 Å². The minimum Gasteiger partial charge on any atom is -0.478 e. The third-order valence-electron chi connectivity index (χ3n) is 2.13. The number of ether oxygens (including phenoxy) is 1. The Morgan fingerprint density at radius 3 is 2.10 bits per heavy atom. The number of carboxylic acid groups (broad SMARTS) is 1. The Balaban J connectivity index is 2.82. The molecule has 0 aromatic heterocycles. The van der Waals surface area contributed by atoms with Crippen LogP contribution >= 0.6 is 0 Å². The van der Waals surface area contributed by atoms with E-state index < -0.39 is 30.2 Å². The summed E-state index contributed by atoms with van der Waals surface area (Å²) in [5.41, 5.74) is 0.278. The molecule has 1 N–H and O–H groups in total. The Bertz CT molecular complexity index is 521. The molecular formula is C12H8F6O3. The third-order valence-corrected chi connectivity index (χ3v) is 2.13. The first-order valence-corrected chi connectivity index (χ1v) is 5.31. The molecule has 1 rings (SSSR count). The summed E-state index contributed by atoms with van der Waals surface area (Å²) in [5, 5.41) is 8.36. The topological polar surface area (TPSA) is 46.5 Å². The molecule has 0 spiro atoms. The van der Waals surface area contributed by atoms with Crippen molar-refractivity contribution < 1.29 is 41.0 Å². The van der Waals surface area contributed by atoms with E-state index in [1.165, 1.54) is 0 Å². The molecule has 21 heavy (non-hydrogen) atoms. The maximum absolute atomic E-state index is 12.9. The zero-order chi connectivity index (χ0) is 16.3. The molecule has 0 bridgehead atoms. The summed E-state index contributed by atoms with van der Waals surface area (Å²) in [7, 11) is 0. The lowest BCUT2D eigenvalue weighted by Gasteiger charge is -2.23. The first-order chi connectivity index (χ1) is 9.52. The predicted octanol–water partition coefficient (Wildman–Crippen LogP) is 3.66. The van der Waals surface area contributed by atoms with E-state index in [1.54, 1.807) is 0 Å². The van der Waals surface area contributed by atoms with Crippen molar-refractivity contribution in [3.05, 3.63) is 35.9 Å². The quantitative estimate of drug-likeness (QED) is 0.666. The smallest absolute Gasteiger partial charge is 0.439 e. The summed E-state index contributed by atoms with van der Waals surface area (Å²) in [4.78, 5) is 10.2. The summed E-state index contributed by atoms with van der Waals surface area (Å²) in [5.74, 6) is -1.94. The van der Waals surface area contributed by atoms with Crippen LogP contribution in [0.2, 0.25) is 0 Å². The third kappa shape index (κ3) is 5.01. The summed E-state index contributed by atoms with van der Waals surface area (Å²) in [6.45, 7) is 0. The average Bonchev–Trinajstić information content (AvgIpc) is 2.35. The van der Waals surface area contributed by atoms with Gasteiger partial charge in [-0.1, -0.05) is 12.1 Å². The Morgan fingerprint density at radius 2 is 1.67 bits per heavy atom. The van der Waals surface area contributed by atoms with Crippen LogP contribution in [0.4, 0.5) is 26.3 Å². The van der Waals surface area contributed by atoms with Crippen molar-refractivity contribution in [3.63, 3.8) is 0 Å². The van der Waals surface area contributed by atoms with E-state index in [0.717, 1.165) is 36.4 Å². The molecule has 0 radical (unpaired) electrons. The SMILES string of the molecule is O=C(O)/C=C/c1ccc(OC(F)(F)[C@@H](F)C(F)(F)F)cc1. The van der Waals surface area contributed by atoms with Gasteiger partial charge in [-0.2, -0.15) is 22.0 Å². The number of alkyl halides is 6. The summed E-state index contributed by atoms with van der Waals surface area (Å²) < 4.78 is 77.8. The zero-order valence-corrected chi connectivity index (χ0v) is 10.1. The van der Waals surface area contributed by atoms with Crippen molar-refractivity contribution in [3.8, 4) is 5.75 Å². The fraction of sp³-hybridized carbons (Fsp3) is 0.250. The molecule has 0 aliphatic heterocycles. The van der Waals surface area contributed by atoms with Crippen LogP contribution in [0.25, 0.3) is 6.08 Å². The molecule has 1 aromatic carbocycles. The maximum Gasteiger partial charge on any atom is 0.439 e. The first-order valence-electron chi connectivity index (χ1n) is 5.31. The number of aliphatic carboxylic acids is 1. The van der Waals surface area contributed by atoms with Gasteiger partial charge in [0, 0.05) is 6.08 Å². The summed E-state index contributed by atoms with van der Waals surface area (Å²) in [6, 6.07) is 3.95. The minimum atomic E-state index is -5.76. The summed E-state index contributed by atoms with van der Waals surface area (Å²) in [6.07, 6.45) is -13.4. The fourth-order valence-corrected chi connectivity index (χ4v) is 1.21. The van der Waals surface area contributed by atoms with Crippen molar-refractivity contribution in [2.45, 2.75) is 18.5 Å². The molecular weight excluding hydrogens is 306 g/mol. The molecule has 0 amide bonds. The van der Waals surface area contributed by atoms with E-state index in [1.807, 2.05) is 0 Å². The number of carbonyl (C=O) groups is 1. The van der Waals surface area contributed by atoms with Gasteiger partial charge >= 0.3 is 18.3 Å². The normalized spacial score (nSPS) is 14.2. The molecule has 9 heteroatoms. The van der Waals surface area contributed by atoms with Gasteiger partial charge in [-0.05, 0) is 23.8 Å². The minimum absolute atomic E-state index is 0.278. The Labute approximate surface area is 114 Å². The number of carboxylic acids is 1. The Kier molecular flexibility index (Phi) is 4.87. The van der Waals surface area contributed by atoms with Gasteiger partial charge in [0.15, 0.2) is 0 Å². The maximum atomic E-state index is 12.9. The zero-order valence-electron chi connectivity index (χ0n) is 10.1. The van der Waals surface area contributed by atoms with Crippen LogP contribution in [0, 0.1) is 0 Å². The predicted molar refractivity (Wildman–Crippen MR) is 59.6 cm³/mol. The molecule has 1 atom stereocenters. The van der Waals surface area contributed by atoms with E-state index in [2.05, 4.69) is 4.74 Å². The highest BCUT2D eigenvalue weighted by molar-refractivity contribution is 5.85. The van der Waals surface area contributed by atoms with Crippen LogP contribution in [-0.2, 0) is 4.79 Å². The molecule has 0 saturated carbocycles. The van der Waals surface area contributed by atoms with Crippen LogP contribution in [-0.4, -0.2) is 29.5 Å². The molecule has 0 aliphatic rings. The number of rotatable bonds is 5. The van der Waals surface area contributed by atoms with E-state index in [-0.39, 0.29) is 5.56 Å². The van der Waals surface area contributed by atoms with Gasteiger partial charge in [-0.15, -0.1) is 0 Å². The fourth-order valence-electron chi connectivity index (χ4n) is 1.21. The lowest BCUT2D eigenvalue weighted by atomic mass is 10.2. The van der Waals surface area contributed by atoms with Crippen molar-refractivity contribution in [2.75, 3.05) is 0 Å². The highest BCUT2D eigenvalue weighted by Gasteiger charge is 2.59. The van der Waals surface area contributed by atoms with Crippen LogP contribution in [0.3, 0.4) is 0 Å². The summed E-state index contributed by atoms with van der Waals surface area (Å²) >= 11 is 0. The highest BCUT2D eigenvalue weighted by atomic mass is 19.4. The molecule has 1 aromatic rings. The molecule has 0 aliphatic carbocycles. The van der Waals surface area contributed by atoms with Crippen LogP contribution in [0.15, 0.2) is 30.3 Å². The van der Waals surface area contributed by atoms with Gasteiger partial charge in [-0.3, -0.25) is 0 Å². The second-order valence-electron chi connectivity index (χ2n) is 3.81. The van der Waals surface area contributed by atoms with Crippen molar-refractivity contribution in [1.29, 1.82) is 0 Å². The molecule has 0 saturated heterocycles. The lowest BCUT2D eigenvalue weighted by molar-refractivity contribution is -0.304. The van der Waals surface area contributed by atoms with E-state index in [9.17, 15) is 31.1 Å². The number of benzene rings is 1. The molecule has 116 valence electrons. The van der Waals surface area contributed by atoms with Crippen LogP contribution in [0.1, 0.15) is 5.56 Å². The van der Waals surface area contributed by atoms with Gasteiger partial charge < -0.3 is 9.84 Å². The standard InChI is InChI=1S/C12H8F6O3/c13-10(11(14,15)16)12(17,18)21-8-4-1-7(2-5-8)3-6-9(19)20/h1-6,10H,(H,19,20)/b6-3+/t10-/m0/s1. The second kappa shape index (κ2) is 6.06. The van der Waals surface area contributed by atoms with Gasteiger partial charge in [0.25, 0.3) is 6.17 Å². The van der Waals surface area contributed by atoms with Gasteiger partial charge in [-0.25, -0.2) is 9.18 Å². The van der Waals surface area contributed by atoms with Crippen molar-refractivity contribution >= 4 is 12.0 Å². The van der Waals surface area contributed by atoms with Crippen molar-refractivity contribution in [2.24, 2.45) is 0 Å². The van der Waals surface area contributed by atoms with Crippen LogP contribution < -0.4 is 4.74 Å². The van der Waals surface area contributed by atoms with E-state index in [0.29, 0.717) is 0 Å². The number of halogens is 6. The molecule has 3 nitrogen and oxygen atoms in total. The Hall–Kier alpha value is -2.19. The highest BCUT2D eigenvalue weighted by Crippen LogP contribution is 2.36. The number of hydrogen-bond donors (Lipinski definition) is 1. The Morgan fingerprint density at radius 1 is 1.14 bits per heavy atom. The van der Waals surface area contributed by atoms with Gasteiger partial charge in [0.05, 0.1) is 0 Å². The second-order valence-corrected chi connectivity index (χ2v) is 3.81. The number of hydrogen-bond acceptors (Lipinski definition) is 2. The van der Waals surface area contributed by atoms with Crippen molar-refractivity contribution in [1.82, 2.24) is 0 Å². The average molecular weight is 314 g/mol. The molecule has 0 heterocycles. The van der Waals surface area contributed by atoms with Gasteiger partial charge in [0.1, 0.15) is 5.75 Å². The van der Waals surface area contributed by atoms with Gasteiger partial charge in [0.2, 0.25) is 0 Å². The lowest BCUT2D eigenvalue weighted by Crippen LogP contribution is -2.45. The first kappa shape index (κ1) is 16.9. The van der Waals surface area contributed by atoms with Crippen LogP contribution in [0.5, 0.6) is 5.75 Å². The van der Waals surface area contributed by atoms with E-state index in [4.69, 9.17) is 5.11 Å².